The van der Waals surface area contributed by atoms with E-state index >= 15 is 0 Å². The topological polar surface area (TPSA) is 29.3 Å². The SMILES string of the molecule is NC1CCN(Cc2ccc(F)cc2Br)C1. The molecule has 0 aliphatic carbocycles. The van der Waals surface area contributed by atoms with Crippen LogP contribution in [0.5, 0.6) is 0 Å². The van der Waals surface area contributed by atoms with Crippen molar-refractivity contribution in [2.24, 2.45) is 5.73 Å². The second-order valence-electron chi connectivity index (χ2n) is 4.02. The Labute approximate surface area is 97.4 Å². The molecule has 0 spiro atoms. The molecule has 2 N–H and O–H groups in total. The van der Waals surface area contributed by atoms with E-state index in [4.69, 9.17) is 5.73 Å². The van der Waals surface area contributed by atoms with Gasteiger partial charge in [-0.05, 0) is 24.1 Å². The van der Waals surface area contributed by atoms with Gasteiger partial charge in [0, 0.05) is 30.1 Å². The average Bonchev–Trinajstić information content (AvgIpc) is 2.56. The summed E-state index contributed by atoms with van der Waals surface area (Å²) in [5.74, 6) is -0.205. The van der Waals surface area contributed by atoms with Gasteiger partial charge in [0.25, 0.3) is 0 Å². The number of benzene rings is 1. The fourth-order valence-corrected chi connectivity index (χ4v) is 2.37. The lowest BCUT2D eigenvalue weighted by Gasteiger charge is -2.16. The largest absolute Gasteiger partial charge is 0.326 e. The van der Waals surface area contributed by atoms with E-state index in [1.54, 1.807) is 0 Å². The molecule has 2 rings (SSSR count). The van der Waals surface area contributed by atoms with E-state index in [0.717, 1.165) is 36.1 Å². The second kappa shape index (κ2) is 4.60. The van der Waals surface area contributed by atoms with Crippen LogP contribution >= 0.6 is 15.9 Å². The van der Waals surface area contributed by atoms with E-state index in [0.29, 0.717) is 6.04 Å². The van der Waals surface area contributed by atoms with E-state index in [1.807, 2.05) is 6.07 Å². The summed E-state index contributed by atoms with van der Waals surface area (Å²) < 4.78 is 13.7. The Hall–Kier alpha value is -0.450. The van der Waals surface area contributed by atoms with Gasteiger partial charge in [-0.25, -0.2) is 4.39 Å². The third-order valence-corrected chi connectivity index (χ3v) is 3.46. The first-order chi connectivity index (χ1) is 7.15. The Bertz CT molecular complexity index is 356. The molecule has 1 aromatic carbocycles. The Morgan fingerprint density at radius 1 is 1.53 bits per heavy atom. The molecule has 0 saturated carbocycles. The number of nitrogens with zero attached hydrogens (tertiary/aromatic N) is 1. The lowest BCUT2D eigenvalue weighted by atomic mass is 10.2. The summed E-state index contributed by atoms with van der Waals surface area (Å²) in [6.45, 7) is 2.81. The van der Waals surface area contributed by atoms with Crippen LogP contribution in [0.2, 0.25) is 0 Å². The molecule has 1 unspecified atom stereocenters. The smallest absolute Gasteiger partial charge is 0.124 e. The number of halogens is 2. The van der Waals surface area contributed by atoms with Crippen molar-refractivity contribution in [3.05, 3.63) is 34.1 Å². The van der Waals surface area contributed by atoms with Crippen molar-refractivity contribution in [1.82, 2.24) is 4.90 Å². The highest BCUT2D eigenvalue weighted by Gasteiger charge is 2.19. The summed E-state index contributed by atoms with van der Waals surface area (Å²) in [4.78, 5) is 2.29. The van der Waals surface area contributed by atoms with Crippen LogP contribution in [0.15, 0.2) is 22.7 Å². The minimum Gasteiger partial charge on any atom is -0.326 e. The van der Waals surface area contributed by atoms with Crippen molar-refractivity contribution in [2.45, 2.75) is 19.0 Å². The predicted molar refractivity (Wildman–Crippen MR) is 62.0 cm³/mol. The van der Waals surface area contributed by atoms with E-state index < -0.39 is 0 Å². The zero-order valence-electron chi connectivity index (χ0n) is 8.42. The lowest BCUT2D eigenvalue weighted by molar-refractivity contribution is 0.326. The number of hydrogen-bond donors (Lipinski definition) is 1. The van der Waals surface area contributed by atoms with Gasteiger partial charge in [0.15, 0.2) is 0 Å². The molecule has 0 aromatic heterocycles. The first kappa shape index (κ1) is 11.0. The third-order valence-electron chi connectivity index (χ3n) is 2.72. The van der Waals surface area contributed by atoms with Gasteiger partial charge in [0.05, 0.1) is 0 Å². The molecule has 1 atom stereocenters. The van der Waals surface area contributed by atoms with Crippen molar-refractivity contribution in [3.8, 4) is 0 Å². The van der Waals surface area contributed by atoms with Crippen LogP contribution in [-0.4, -0.2) is 24.0 Å². The predicted octanol–water partition coefficient (Wildman–Crippen LogP) is 2.12. The monoisotopic (exact) mass is 272 g/mol. The van der Waals surface area contributed by atoms with Crippen molar-refractivity contribution < 1.29 is 4.39 Å². The van der Waals surface area contributed by atoms with Gasteiger partial charge < -0.3 is 5.73 Å². The quantitative estimate of drug-likeness (QED) is 0.894. The molecule has 0 amide bonds. The normalized spacial score (nSPS) is 22.2. The van der Waals surface area contributed by atoms with E-state index in [-0.39, 0.29) is 5.82 Å². The summed E-state index contributed by atoms with van der Waals surface area (Å²) in [5.41, 5.74) is 6.94. The highest BCUT2D eigenvalue weighted by molar-refractivity contribution is 9.10. The summed E-state index contributed by atoms with van der Waals surface area (Å²) in [6.07, 6.45) is 1.05. The van der Waals surface area contributed by atoms with Crippen LogP contribution in [0.1, 0.15) is 12.0 Å². The van der Waals surface area contributed by atoms with Crippen LogP contribution in [0.3, 0.4) is 0 Å². The van der Waals surface area contributed by atoms with Crippen molar-refractivity contribution in [3.63, 3.8) is 0 Å². The standard InChI is InChI=1S/C11H14BrFN2/c12-11-5-9(13)2-1-8(11)6-15-4-3-10(14)7-15/h1-2,5,10H,3-4,6-7,14H2. The Kier molecular flexibility index (Phi) is 3.38. The van der Waals surface area contributed by atoms with Crippen LogP contribution in [0, 0.1) is 5.82 Å². The zero-order chi connectivity index (χ0) is 10.8. The average molecular weight is 273 g/mol. The van der Waals surface area contributed by atoms with E-state index in [1.165, 1.54) is 12.1 Å². The summed E-state index contributed by atoms with van der Waals surface area (Å²) >= 11 is 3.37. The Morgan fingerprint density at radius 3 is 2.93 bits per heavy atom. The number of hydrogen-bond acceptors (Lipinski definition) is 2. The molecule has 1 aliphatic rings. The molecule has 1 heterocycles. The molecule has 1 saturated heterocycles. The first-order valence-electron chi connectivity index (χ1n) is 5.07. The molecule has 82 valence electrons. The highest BCUT2D eigenvalue weighted by Crippen LogP contribution is 2.21. The van der Waals surface area contributed by atoms with Crippen LogP contribution in [0.4, 0.5) is 4.39 Å². The Balaban J connectivity index is 2.04. The summed E-state index contributed by atoms with van der Waals surface area (Å²) in [7, 11) is 0. The fourth-order valence-electron chi connectivity index (χ4n) is 1.90. The van der Waals surface area contributed by atoms with Gasteiger partial charge in [0.1, 0.15) is 5.82 Å². The van der Waals surface area contributed by atoms with Crippen molar-refractivity contribution >= 4 is 15.9 Å². The van der Waals surface area contributed by atoms with Gasteiger partial charge in [0.2, 0.25) is 0 Å². The molecule has 1 fully saturated rings. The summed E-state index contributed by atoms with van der Waals surface area (Å²) in [5, 5.41) is 0. The van der Waals surface area contributed by atoms with Crippen LogP contribution < -0.4 is 5.73 Å². The van der Waals surface area contributed by atoms with Crippen molar-refractivity contribution in [2.75, 3.05) is 13.1 Å². The molecular weight excluding hydrogens is 259 g/mol. The Morgan fingerprint density at radius 2 is 2.33 bits per heavy atom. The van der Waals surface area contributed by atoms with Crippen LogP contribution in [0.25, 0.3) is 0 Å². The zero-order valence-corrected chi connectivity index (χ0v) is 10.0. The highest BCUT2D eigenvalue weighted by atomic mass is 79.9. The van der Waals surface area contributed by atoms with E-state index in [9.17, 15) is 4.39 Å². The summed E-state index contributed by atoms with van der Waals surface area (Å²) in [6, 6.07) is 5.12. The minimum absolute atomic E-state index is 0.205. The molecule has 0 radical (unpaired) electrons. The molecule has 2 nitrogen and oxygen atoms in total. The van der Waals surface area contributed by atoms with Gasteiger partial charge in [-0.1, -0.05) is 22.0 Å². The van der Waals surface area contributed by atoms with Crippen LogP contribution in [-0.2, 0) is 6.54 Å². The number of rotatable bonds is 2. The van der Waals surface area contributed by atoms with Crippen molar-refractivity contribution in [1.29, 1.82) is 0 Å². The van der Waals surface area contributed by atoms with Gasteiger partial charge >= 0.3 is 0 Å². The first-order valence-corrected chi connectivity index (χ1v) is 5.86. The molecule has 15 heavy (non-hydrogen) atoms. The third kappa shape index (κ3) is 2.77. The maximum atomic E-state index is 12.9. The molecule has 1 aromatic rings. The van der Waals surface area contributed by atoms with E-state index in [2.05, 4.69) is 20.8 Å². The minimum atomic E-state index is -0.205. The van der Waals surface area contributed by atoms with Gasteiger partial charge in [-0.3, -0.25) is 4.90 Å². The molecular formula is C11H14BrFN2. The molecule has 1 aliphatic heterocycles. The molecule has 0 bridgehead atoms. The maximum absolute atomic E-state index is 12.9. The fraction of sp³-hybridized carbons (Fsp3) is 0.455. The maximum Gasteiger partial charge on any atom is 0.124 e. The lowest BCUT2D eigenvalue weighted by Crippen LogP contribution is -2.26. The molecule has 4 heteroatoms. The van der Waals surface area contributed by atoms with Gasteiger partial charge in [-0.2, -0.15) is 0 Å². The second-order valence-corrected chi connectivity index (χ2v) is 4.87. The van der Waals surface area contributed by atoms with Gasteiger partial charge in [-0.15, -0.1) is 0 Å². The number of likely N-dealkylation sites (tertiary alicyclic amines) is 1. The number of nitrogens with two attached hydrogens (primary N) is 1.